The fourth-order valence-corrected chi connectivity index (χ4v) is 7.49. The lowest BCUT2D eigenvalue weighted by Gasteiger charge is -2.36. The van der Waals surface area contributed by atoms with E-state index in [4.69, 9.17) is 16.4 Å². The van der Waals surface area contributed by atoms with Gasteiger partial charge in [0.25, 0.3) is 5.91 Å². The minimum absolute atomic E-state index is 0.0209. The van der Waals surface area contributed by atoms with Gasteiger partial charge in [0.05, 0.1) is 18.3 Å². The van der Waals surface area contributed by atoms with E-state index in [0.29, 0.717) is 29.5 Å². The summed E-state index contributed by atoms with van der Waals surface area (Å²) in [6.07, 6.45) is 11.2. The number of carbonyl (C=O) groups excluding carboxylic acids is 5. The second-order valence-electron chi connectivity index (χ2n) is 15.4. The van der Waals surface area contributed by atoms with Crippen molar-refractivity contribution < 1.29 is 28.8 Å². The molecule has 4 atom stereocenters. The van der Waals surface area contributed by atoms with Crippen molar-refractivity contribution in [3.8, 4) is 0 Å². The van der Waals surface area contributed by atoms with Gasteiger partial charge in [-0.3, -0.25) is 34.3 Å². The number of carbonyl (C=O) groups is 5. The Morgan fingerprint density at radius 3 is 2.41 bits per heavy atom. The Labute approximate surface area is 294 Å². The van der Waals surface area contributed by atoms with Crippen LogP contribution in [-0.2, 0) is 28.8 Å². The smallest absolute Gasteiger partial charge is 0.289 e. The molecule has 3 fully saturated rings. The summed E-state index contributed by atoms with van der Waals surface area (Å²) in [5.41, 5.74) is 2.65. The van der Waals surface area contributed by atoms with Gasteiger partial charge in [0.1, 0.15) is 17.7 Å². The molecule has 1 aromatic rings. The maximum Gasteiger partial charge on any atom is 0.289 e. The topological polar surface area (TPSA) is 146 Å². The van der Waals surface area contributed by atoms with E-state index in [0.717, 1.165) is 50.5 Å². The van der Waals surface area contributed by atoms with Crippen LogP contribution in [0.1, 0.15) is 110 Å². The first-order valence-corrected chi connectivity index (χ1v) is 18.3. The highest BCUT2D eigenvalue weighted by Crippen LogP contribution is 2.39. The lowest BCUT2D eigenvalue weighted by molar-refractivity contribution is -0.145. The monoisotopic (exact) mass is 697 g/mol. The number of hydroxylamine groups is 1. The molecule has 0 bridgehead atoms. The van der Waals surface area contributed by atoms with E-state index in [-0.39, 0.29) is 31.3 Å². The van der Waals surface area contributed by atoms with Crippen LogP contribution in [0.2, 0.25) is 5.02 Å². The number of rotatable bonds is 12. The van der Waals surface area contributed by atoms with Crippen LogP contribution < -0.4 is 21.4 Å². The molecule has 2 aliphatic heterocycles. The van der Waals surface area contributed by atoms with E-state index in [1.165, 1.54) is 11.3 Å². The average molecular weight is 698 g/mol. The van der Waals surface area contributed by atoms with Gasteiger partial charge >= 0.3 is 0 Å². The predicted octanol–water partition coefficient (Wildman–Crippen LogP) is 4.58. The second-order valence-corrected chi connectivity index (χ2v) is 15.8. The van der Waals surface area contributed by atoms with Crippen molar-refractivity contribution >= 4 is 46.7 Å². The van der Waals surface area contributed by atoms with E-state index in [9.17, 15) is 24.0 Å². The van der Waals surface area contributed by atoms with Crippen molar-refractivity contribution in [3.63, 3.8) is 0 Å². The Bertz CT molecular complexity index is 1450. The number of hydrogen-bond acceptors (Lipinski definition) is 7. The molecule has 1 aromatic carbocycles. The number of nitrogens with zero attached hydrogens (tertiary/aromatic N) is 1. The van der Waals surface area contributed by atoms with E-state index in [1.54, 1.807) is 12.1 Å². The Balaban J connectivity index is 1.40. The van der Waals surface area contributed by atoms with Gasteiger partial charge in [-0.25, -0.2) is 0 Å². The first-order valence-electron chi connectivity index (χ1n) is 18.0. The predicted molar refractivity (Wildman–Crippen MR) is 187 cm³/mol. The number of benzene rings is 1. The number of halogens is 1. The fourth-order valence-electron chi connectivity index (χ4n) is 7.30. The SMILES string of the molecule is CCC[C@H](NC(=O)[C@@H]1C[C@]2(C=C(c3cccc(Cl)c3)NO2)CN1C(=O)[C@@H](NC(=O)CC1CCCCC1)C(C)(C)C)C(=O)C(=O)NC1CCC1. The molecule has 0 radical (unpaired) electrons. The van der Waals surface area contributed by atoms with Gasteiger partial charge in [-0.2, -0.15) is 0 Å². The van der Waals surface area contributed by atoms with Crippen LogP contribution in [0.15, 0.2) is 30.3 Å². The van der Waals surface area contributed by atoms with Crippen molar-refractivity contribution in [2.24, 2.45) is 11.3 Å². The van der Waals surface area contributed by atoms with Gasteiger partial charge in [0.15, 0.2) is 0 Å². The third-order valence-electron chi connectivity index (χ3n) is 10.3. The van der Waals surface area contributed by atoms with Crippen LogP contribution in [0.4, 0.5) is 0 Å². The Kier molecular flexibility index (Phi) is 11.7. The summed E-state index contributed by atoms with van der Waals surface area (Å²) in [5, 5.41) is 9.17. The third kappa shape index (κ3) is 9.03. The van der Waals surface area contributed by atoms with E-state index in [2.05, 4.69) is 21.4 Å². The van der Waals surface area contributed by atoms with Crippen LogP contribution >= 0.6 is 11.6 Å². The maximum atomic E-state index is 14.6. The van der Waals surface area contributed by atoms with Gasteiger partial charge in [0, 0.05) is 29.5 Å². The Hall–Kier alpha value is -3.44. The number of hydrogen-bond donors (Lipinski definition) is 4. The molecule has 4 aliphatic rings. The van der Waals surface area contributed by atoms with E-state index < -0.39 is 52.6 Å². The summed E-state index contributed by atoms with van der Waals surface area (Å²) < 4.78 is 0. The van der Waals surface area contributed by atoms with Crippen LogP contribution in [0.3, 0.4) is 0 Å². The fraction of sp³-hybridized carbons (Fsp3) is 0.649. The molecule has 2 aliphatic carbocycles. The van der Waals surface area contributed by atoms with Crippen molar-refractivity contribution in [1.29, 1.82) is 0 Å². The highest BCUT2D eigenvalue weighted by Gasteiger charge is 2.54. The third-order valence-corrected chi connectivity index (χ3v) is 10.6. The molecular weight excluding hydrogens is 646 g/mol. The minimum atomic E-state index is -1.07. The van der Waals surface area contributed by atoms with Crippen molar-refractivity contribution in [1.82, 2.24) is 26.3 Å². The van der Waals surface area contributed by atoms with Gasteiger partial charge in [0.2, 0.25) is 23.5 Å². The zero-order valence-corrected chi connectivity index (χ0v) is 30.0. The standard InChI is InChI=1S/C37H52ClN5O6/c1-5-11-27(31(45)34(47)39-26-16-10-17-26)40-33(46)29-21-37(20-28(42-49-37)24-14-9-15-25(38)19-24)22-43(29)35(48)32(36(2,3)4)41-30(44)18-23-12-7-6-8-13-23/h9,14-15,19-20,23,26-27,29,32,42H,5-8,10-13,16-18,21-22H2,1-4H3,(H,39,47)(H,40,46)(H,41,44)/t27-,29-,32+,37+/m0/s1. The van der Waals surface area contributed by atoms with Crippen LogP contribution in [0.25, 0.3) is 5.70 Å². The second kappa shape index (κ2) is 15.6. The van der Waals surface area contributed by atoms with Crippen LogP contribution in [-0.4, -0.2) is 70.6 Å². The van der Waals surface area contributed by atoms with Gasteiger partial charge in [-0.05, 0) is 68.1 Å². The maximum absolute atomic E-state index is 14.6. The van der Waals surface area contributed by atoms with Crippen LogP contribution in [0.5, 0.6) is 0 Å². The Morgan fingerprint density at radius 1 is 1.04 bits per heavy atom. The number of amides is 4. The molecule has 1 saturated heterocycles. The molecule has 2 saturated carbocycles. The molecule has 49 heavy (non-hydrogen) atoms. The summed E-state index contributed by atoms with van der Waals surface area (Å²) in [6, 6.07) is 4.24. The number of likely N-dealkylation sites (tertiary alicyclic amines) is 1. The largest absolute Gasteiger partial charge is 0.347 e. The van der Waals surface area contributed by atoms with Gasteiger partial charge in [-0.15, -0.1) is 0 Å². The van der Waals surface area contributed by atoms with Crippen molar-refractivity contribution in [2.45, 2.75) is 135 Å². The van der Waals surface area contributed by atoms with E-state index >= 15 is 0 Å². The molecule has 12 heteroatoms. The molecule has 2 heterocycles. The highest BCUT2D eigenvalue weighted by atomic mass is 35.5. The van der Waals surface area contributed by atoms with Gasteiger partial charge in [-0.1, -0.05) is 77.1 Å². The lowest BCUT2D eigenvalue weighted by Crippen LogP contribution is -2.59. The average Bonchev–Trinajstić information content (AvgIpc) is 3.64. The Morgan fingerprint density at radius 2 is 1.78 bits per heavy atom. The van der Waals surface area contributed by atoms with Gasteiger partial charge < -0.3 is 20.9 Å². The summed E-state index contributed by atoms with van der Waals surface area (Å²) in [7, 11) is 0. The molecular formula is C37H52ClN5O6. The zero-order valence-electron chi connectivity index (χ0n) is 29.2. The van der Waals surface area contributed by atoms with Crippen molar-refractivity contribution in [3.05, 3.63) is 40.9 Å². The first-order chi connectivity index (χ1) is 23.3. The molecule has 268 valence electrons. The summed E-state index contributed by atoms with van der Waals surface area (Å²) >= 11 is 6.25. The number of nitrogens with one attached hydrogen (secondary N) is 4. The number of ketones is 1. The summed E-state index contributed by atoms with van der Waals surface area (Å²) in [5.74, 6) is -2.25. The first kappa shape index (κ1) is 36.8. The minimum Gasteiger partial charge on any atom is -0.347 e. The number of Topliss-reactive ketones (excluding diaryl/α,β-unsaturated/α-hetero) is 1. The molecule has 0 unspecified atom stereocenters. The van der Waals surface area contributed by atoms with E-state index in [1.807, 2.05) is 45.9 Å². The zero-order chi connectivity index (χ0) is 35.3. The molecule has 1 spiro atoms. The lowest BCUT2D eigenvalue weighted by atomic mass is 9.84. The molecule has 5 rings (SSSR count). The molecule has 4 amide bonds. The molecule has 4 N–H and O–H groups in total. The molecule has 0 aromatic heterocycles. The summed E-state index contributed by atoms with van der Waals surface area (Å²) in [4.78, 5) is 75.8. The van der Waals surface area contributed by atoms with Crippen molar-refractivity contribution in [2.75, 3.05) is 6.54 Å². The quantitative estimate of drug-likeness (QED) is 0.234. The highest BCUT2D eigenvalue weighted by molar-refractivity contribution is 6.38. The molecule has 11 nitrogen and oxygen atoms in total. The van der Waals surface area contributed by atoms with Crippen LogP contribution in [0, 0.1) is 11.3 Å². The summed E-state index contributed by atoms with van der Waals surface area (Å²) in [6.45, 7) is 7.57. The normalized spacial score (nSPS) is 24.0.